The van der Waals surface area contributed by atoms with Crippen molar-refractivity contribution in [2.24, 2.45) is 7.05 Å². The quantitative estimate of drug-likeness (QED) is 0.437. The molecule has 0 unspecified atom stereocenters. The lowest BCUT2D eigenvalue weighted by molar-refractivity contribution is -0.617. The molecular formula is C16H14N+. The van der Waals surface area contributed by atoms with E-state index in [9.17, 15) is 0 Å². The fraction of sp³-hybridized carbons (Fsp3) is 0.0625. The summed E-state index contributed by atoms with van der Waals surface area (Å²) in [6.45, 7) is 3.95. The first kappa shape index (κ1) is 10.0. The van der Waals surface area contributed by atoms with Crippen LogP contribution in [-0.4, -0.2) is 0 Å². The van der Waals surface area contributed by atoms with E-state index >= 15 is 0 Å². The smallest absolute Gasteiger partial charge is 0.194 e. The van der Waals surface area contributed by atoms with Gasteiger partial charge < -0.3 is 0 Å². The van der Waals surface area contributed by atoms with E-state index in [1.807, 2.05) is 6.08 Å². The molecule has 3 rings (SSSR count). The third-order valence-corrected chi connectivity index (χ3v) is 3.32. The van der Waals surface area contributed by atoms with Gasteiger partial charge in [-0.25, -0.2) is 0 Å². The van der Waals surface area contributed by atoms with Gasteiger partial charge in [-0.1, -0.05) is 36.9 Å². The van der Waals surface area contributed by atoms with Crippen molar-refractivity contribution in [2.45, 2.75) is 0 Å². The molecule has 0 bridgehead atoms. The number of aryl methyl sites for hydroxylation is 1. The zero-order chi connectivity index (χ0) is 11.8. The van der Waals surface area contributed by atoms with Gasteiger partial charge in [0, 0.05) is 17.7 Å². The Morgan fingerprint density at radius 1 is 0.882 bits per heavy atom. The minimum absolute atomic E-state index is 1.22. The SMILES string of the molecule is C=Cc1c2ccccc2[n+](C)c2ccccc12. The lowest BCUT2D eigenvalue weighted by atomic mass is 10.0. The number of rotatable bonds is 1. The molecule has 0 atom stereocenters. The van der Waals surface area contributed by atoms with E-state index in [0.29, 0.717) is 0 Å². The lowest BCUT2D eigenvalue weighted by Gasteiger charge is -2.06. The zero-order valence-electron chi connectivity index (χ0n) is 9.85. The molecule has 3 aromatic rings. The summed E-state index contributed by atoms with van der Waals surface area (Å²) in [7, 11) is 2.11. The predicted molar refractivity (Wildman–Crippen MR) is 72.7 cm³/mol. The van der Waals surface area contributed by atoms with Crippen molar-refractivity contribution in [1.29, 1.82) is 0 Å². The van der Waals surface area contributed by atoms with Gasteiger partial charge in [0.2, 0.25) is 11.0 Å². The summed E-state index contributed by atoms with van der Waals surface area (Å²) >= 11 is 0. The van der Waals surface area contributed by atoms with Crippen LogP contribution < -0.4 is 4.57 Å². The topological polar surface area (TPSA) is 3.88 Å². The molecule has 0 aliphatic carbocycles. The van der Waals surface area contributed by atoms with Crippen LogP contribution in [0.4, 0.5) is 0 Å². The average Bonchev–Trinajstić information content (AvgIpc) is 2.40. The Morgan fingerprint density at radius 3 is 1.82 bits per heavy atom. The maximum atomic E-state index is 3.95. The van der Waals surface area contributed by atoms with Crippen LogP contribution in [0.2, 0.25) is 0 Å². The van der Waals surface area contributed by atoms with E-state index in [-0.39, 0.29) is 0 Å². The third kappa shape index (κ3) is 1.36. The third-order valence-electron chi connectivity index (χ3n) is 3.32. The molecule has 0 saturated heterocycles. The van der Waals surface area contributed by atoms with E-state index in [1.54, 1.807) is 0 Å². The van der Waals surface area contributed by atoms with Crippen LogP contribution >= 0.6 is 0 Å². The summed E-state index contributed by atoms with van der Waals surface area (Å²) in [4.78, 5) is 0. The molecule has 0 radical (unpaired) electrons. The number of hydrogen-bond donors (Lipinski definition) is 0. The van der Waals surface area contributed by atoms with E-state index in [2.05, 4.69) is 66.7 Å². The Kier molecular flexibility index (Phi) is 2.19. The average molecular weight is 220 g/mol. The van der Waals surface area contributed by atoms with Crippen LogP contribution in [-0.2, 0) is 7.05 Å². The number of fused-ring (bicyclic) bond motifs is 2. The number of pyridine rings is 1. The molecule has 1 aromatic heterocycles. The second-order valence-corrected chi connectivity index (χ2v) is 4.21. The predicted octanol–water partition coefficient (Wildman–Crippen LogP) is 3.46. The van der Waals surface area contributed by atoms with Crippen molar-refractivity contribution < 1.29 is 4.57 Å². The van der Waals surface area contributed by atoms with Gasteiger partial charge in [-0.05, 0) is 12.1 Å². The van der Waals surface area contributed by atoms with Gasteiger partial charge in [0.25, 0.3) is 0 Å². The van der Waals surface area contributed by atoms with E-state index in [1.165, 1.54) is 27.4 Å². The summed E-state index contributed by atoms with van der Waals surface area (Å²) in [5, 5.41) is 2.51. The molecule has 0 amide bonds. The van der Waals surface area contributed by atoms with Crippen molar-refractivity contribution in [1.82, 2.24) is 0 Å². The Morgan fingerprint density at radius 2 is 1.35 bits per heavy atom. The van der Waals surface area contributed by atoms with E-state index < -0.39 is 0 Å². The second kappa shape index (κ2) is 3.70. The summed E-state index contributed by atoms with van der Waals surface area (Å²) in [5.74, 6) is 0. The van der Waals surface area contributed by atoms with E-state index in [4.69, 9.17) is 0 Å². The highest BCUT2D eigenvalue weighted by Gasteiger charge is 2.14. The van der Waals surface area contributed by atoms with E-state index in [0.717, 1.165) is 0 Å². The van der Waals surface area contributed by atoms with Crippen molar-refractivity contribution in [3.63, 3.8) is 0 Å². The highest BCUT2D eigenvalue weighted by Crippen LogP contribution is 2.24. The zero-order valence-corrected chi connectivity index (χ0v) is 9.85. The van der Waals surface area contributed by atoms with Gasteiger partial charge in [-0.15, -0.1) is 0 Å². The Balaban J connectivity index is 2.68. The van der Waals surface area contributed by atoms with Crippen molar-refractivity contribution in [2.75, 3.05) is 0 Å². The molecule has 0 fully saturated rings. The molecular weight excluding hydrogens is 206 g/mol. The van der Waals surface area contributed by atoms with Crippen LogP contribution in [0, 0.1) is 0 Å². The Bertz CT molecular complexity index is 669. The highest BCUT2D eigenvalue weighted by atomic mass is 14.9. The van der Waals surface area contributed by atoms with Crippen LogP contribution in [0.15, 0.2) is 55.1 Å². The first-order chi connectivity index (χ1) is 8.33. The summed E-state index contributed by atoms with van der Waals surface area (Å²) in [5.41, 5.74) is 3.69. The summed E-state index contributed by atoms with van der Waals surface area (Å²) in [6.07, 6.45) is 1.95. The number of aromatic nitrogens is 1. The van der Waals surface area contributed by atoms with Gasteiger partial charge in [0.1, 0.15) is 7.05 Å². The molecule has 82 valence electrons. The molecule has 1 heteroatoms. The van der Waals surface area contributed by atoms with Gasteiger partial charge in [-0.2, -0.15) is 4.57 Å². The first-order valence-electron chi connectivity index (χ1n) is 5.75. The maximum Gasteiger partial charge on any atom is 0.213 e. The van der Waals surface area contributed by atoms with Crippen molar-refractivity contribution >= 4 is 27.9 Å². The molecule has 17 heavy (non-hydrogen) atoms. The molecule has 1 nitrogen and oxygen atoms in total. The first-order valence-corrected chi connectivity index (χ1v) is 5.75. The molecule has 0 aliphatic heterocycles. The van der Waals surface area contributed by atoms with Gasteiger partial charge >= 0.3 is 0 Å². The van der Waals surface area contributed by atoms with Crippen molar-refractivity contribution in [3.8, 4) is 0 Å². The number of nitrogens with zero attached hydrogens (tertiary/aromatic N) is 1. The van der Waals surface area contributed by atoms with Gasteiger partial charge in [0.05, 0.1) is 10.8 Å². The maximum absolute atomic E-state index is 3.95. The molecule has 0 aliphatic rings. The fourth-order valence-corrected chi connectivity index (χ4v) is 2.48. The van der Waals surface area contributed by atoms with Crippen LogP contribution in [0.3, 0.4) is 0 Å². The number of para-hydroxylation sites is 2. The minimum Gasteiger partial charge on any atom is -0.194 e. The summed E-state index contributed by atoms with van der Waals surface area (Å²) < 4.78 is 2.23. The van der Waals surface area contributed by atoms with Crippen LogP contribution in [0.5, 0.6) is 0 Å². The molecule has 0 spiro atoms. The standard InChI is InChI=1S/C16H14N/c1-3-12-13-8-4-6-10-15(13)17(2)16-11-7-5-9-14(12)16/h3-11H,1H2,2H3/q+1. The normalized spacial score (nSPS) is 10.9. The van der Waals surface area contributed by atoms with Crippen LogP contribution in [0.25, 0.3) is 27.9 Å². The fourth-order valence-electron chi connectivity index (χ4n) is 2.48. The molecule has 0 saturated carbocycles. The van der Waals surface area contributed by atoms with Crippen molar-refractivity contribution in [3.05, 3.63) is 60.7 Å². The summed E-state index contributed by atoms with van der Waals surface area (Å²) in [6, 6.07) is 16.9. The minimum atomic E-state index is 1.22. The molecule has 0 N–H and O–H groups in total. The van der Waals surface area contributed by atoms with Gasteiger partial charge in [-0.3, -0.25) is 0 Å². The Labute approximate surface area is 101 Å². The van der Waals surface area contributed by atoms with Crippen LogP contribution in [0.1, 0.15) is 5.56 Å². The number of hydrogen-bond acceptors (Lipinski definition) is 0. The lowest BCUT2D eigenvalue weighted by Crippen LogP contribution is -2.30. The highest BCUT2D eigenvalue weighted by molar-refractivity contribution is 5.99. The Hall–Kier alpha value is -2.15. The number of benzene rings is 2. The molecule has 1 heterocycles. The largest absolute Gasteiger partial charge is 0.213 e. The van der Waals surface area contributed by atoms with Gasteiger partial charge in [0.15, 0.2) is 0 Å². The monoisotopic (exact) mass is 220 g/mol. The molecule has 2 aromatic carbocycles. The second-order valence-electron chi connectivity index (χ2n) is 4.21.